The van der Waals surface area contributed by atoms with Crippen LogP contribution in [0.1, 0.15) is 44.2 Å². The first-order valence-corrected chi connectivity index (χ1v) is 7.98. The average molecular weight is 327 g/mol. The van der Waals surface area contributed by atoms with E-state index in [-0.39, 0.29) is 23.6 Å². The fourth-order valence-electron chi connectivity index (χ4n) is 3.93. The van der Waals surface area contributed by atoms with Gasteiger partial charge in [0.1, 0.15) is 5.75 Å². The molecule has 0 spiro atoms. The summed E-state index contributed by atoms with van der Waals surface area (Å²) in [4.78, 5) is 12.4. The van der Waals surface area contributed by atoms with E-state index in [4.69, 9.17) is 0 Å². The van der Waals surface area contributed by atoms with Crippen molar-refractivity contribution in [2.24, 2.45) is 17.8 Å². The van der Waals surface area contributed by atoms with E-state index >= 15 is 0 Å². The predicted octanol–water partition coefficient (Wildman–Crippen LogP) is 4.20. The van der Waals surface area contributed by atoms with E-state index < -0.39 is 6.36 Å². The second-order valence-corrected chi connectivity index (χ2v) is 6.63. The third kappa shape index (κ3) is 3.79. The van der Waals surface area contributed by atoms with Crippen LogP contribution in [0.4, 0.5) is 13.2 Å². The van der Waals surface area contributed by atoms with Gasteiger partial charge in [0.15, 0.2) is 0 Å². The smallest absolute Gasteiger partial charge is 0.406 e. The number of alkyl halides is 3. The number of rotatable bonds is 4. The average Bonchev–Trinajstić information content (AvgIpc) is 3.08. The Morgan fingerprint density at radius 2 is 1.91 bits per heavy atom. The molecule has 0 saturated heterocycles. The predicted molar refractivity (Wildman–Crippen MR) is 78.6 cm³/mol. The van der Waals surface area contributed by atoms with E-state index in [1.165, 1.54) is 18.6 Å². The molecule has 2 fully saturated rings. The molecule has 0 aliphatic heterocycles. The van der Waals surface area contributed by atoms with Gasteiger partial charge in [0.25, 0.3) is 0 Å². The number of benzene rings is 1. The molecule has 0 radical (unpaired) electrons. The number of carbonyl (C=O) groups is 1. The van der Waals surface area contributed by atoms with Crippen molar-refractivity contribution >= 4 is 5.91 Å². The number of hydrogen-bond acceptors (Lipinski definition) is 2. The highest BCUT2D eigenvalue weighted by Crippen LogP contribution is 2.48. The van der Waals surface area contributed by atoms with Crippen molar-refractivity contribution in [1.29, 1.82) is 0 Å². The standard InChI is InChI=1S/C17H20F3NO2/c1-10(12-4-6-14(7-5-12)23-17(18,19)20)21-16(22)15-9-11-2-3-13(15)8-11/h4-7,10-11,13,15H,2-3,8-9H2,1H3,(H,21,22)/t10-,11+,13+,15+/m1/s1. The van der Waals surface area contributed by atoms with Gasteiger partial charge in [0, 0.05) is 5.92 Å². The van der Waals surface area contributed by atoms with Crippen LogP contribution in [0, 0.1) is 17.8 Å². The Balaban J connectivity index is 1.57. The summed E-state index contributed by atoms with van der Waals surface area (Å²) < 4.78 is 40.3. The Hall–Kier alpha value is -1.72. The Bertz CT molecular complexity index is 570. The lowest BCUT2D eigenvalue weighted by atomic mass is 9.88. The SMILES string of the molecule is C[C@@H](NC(=O)[C@H]1C[C@H]2CC[C@H]1C2)c1ccc(OC(F)(F)F)cc1. The summed E-state index contributed by atoms with van der Waals surface area (Å²) >= 11 is 0. The van der Waals surface area contributed by atoms with Crippen LogP contribution in [-0.2, 0) is 4.79 Å². The molecule has 2 aliphatic rings. The number of hydrogen-bond donors (Lipinski definition) is 1. The second kappa shape index (κ2) is 6.06. The van der Waals surface area contributed by atoms with Crippen molar-refractivity contribution in [1.82, 2.24) is 5.32 Å². The normalized spacial score (nSPS) is 27.7. The Morgan fingerprint density at radius 3 is 2.43 bits per heavy atom. The molecular weight excluding hydrogens is 307 g/mol. The number of ether oxygens (including phenoxy) is 1. The van der Waals surface area contributed by atoms with E-state index in [9.17, 15) is 18.0 Å². The Morgan fingerprint density at radius 1 is 1.22 bits per heavy atom. The summed E-state index contributed by atoms with van der Waals surface area (Å²) in [6.45, 7) is 1.84. The van der Waals surface area contributed by atoms with Gasteiger partial charge >= 0.3 is 6.36 Å². The molecule has 0 unspecified atom stereocenters. The number of amides is 1. The lowest BCUT2D eigenvalue weighted by Gasteiger charge is -2.23. The van der Waals surface area contributed by atoms with Gasteiger partial charge in [-0.1, -0.05) is 18.6 Å². The lowest BCUT2D eigenvalue weighted by Crippen LogP contribution is -2.35. The third-order valence-corrected chi connectivity index (χ3v) is 5.05. The van der Waals surface area contributed by atoms with Crippen molar-refractivity contribution in [3.63, 3.8) is 0 Å². The third-order valence-electron chi connectivity index (χ3n) is 5.05. The molecule has 1 aromatic rings. The molecule has 2 saturated carbocycles. The van der Waals surface area contributed by atoms with Crippen LogP contribution < -0.4 is 10.1 Å². The molecule has 0 aromatic heterocycles. The highest BCUT2D eigenvalue weighted by Gasteiger charge is 2.43. The summed E-state index contributed by atoms with van der Waals surface area (Å²) in [6.07, 6.45) is -0.175. The molecule has 2 aliphatic carbocycles. The maximum absolute atomic E-state index is 12.4. The monoisotopic (exact) mass is 327 g/mol. The van der Waals surface area contributed by atoms with Gasteiger partial charge in [0.05, 0.1) is 6.04 Å². The molecule has 3 nitrogen and oxygen atoms in total. The number of nitrogens with one attached hydrogen (secondary N) is 1. The van der Waals surface area contributed by atoms with Gasteiger partial charge in [-0.15, -0.1) is 13.2 Å². The van der Waals surface area contributed by atoms with E-state index in [0.717, 1.165) is 24.8 Å². The first kappa shape index (κ1) is 16.1. The van der Waals surface area contributed by atoms with Gasteiger partial charge < -0.3 is 10.1 Å². The summed E-state index contributed by atoms with van der Waals surface area (Å²) in [6, 6.07) is 5.40. The van der Waals surface area contributed by atoms with Gasteiger partial charge in [-0.2, -0.15) is 0 Å². The zero-order valence-corrected chi connectivity index (χ0v) is 12.9. The van der Waals surface area contributed by atoms with Gasteiger partial charge in [-0.05, 0) is 55.7 Å². The first-order chi connectivity index (χ1) is 10.8. The molecule has 1 N–H and O–H groups in total. The molecule has 2 bridgehead atoms. The summed E-state index contributed by atoms with van der Waals surface area (Å²) in [5.41, 5.74) is 0.760. The van der Waals surface area contributed by atoms with Crippen LogP contribution >= 0.6 is 0 Å². The molecule has 3 rings (SSSR count). The van der Waals surface area contributed by atoms with Crippen LogP contribution in [0.5, 0.6) is 5.75 Å². The van der Waals surface area contributed by atoms with E-state index in [0.29, 0.717) is 11.8 Å². The molecule has 1 aromatic carbocycles. The van der Waals surface area contributed by atoms with E-state index in [2.05, 4.69) is 10.1 Å². The van der Waals surface area contributed by atoms with Gasteiger partial charge in [-0.25, -0.2) is 0 Å². The maximum Gasteiger partial charge on any atom is 0.573 e. The molecule has 6 heteroatoms. The van der Waals surface area contributed by atoms with Crippen LogP contribution in [0.25, 0.3) is 0 Å². The number of carbonyl (C=O) groups excluding carboxylic acids is 1. The zero-order valence-electron chi connectivity index (χ0n) is 12.9. The minimum absolute atomic E-state index is 0.0697. The number of fused-ring (bicyclic) bond motifs is 2. The summed E-state index contributed by atoms with van der Waals surface area (Å²) in [5.74, 6) is 1.12. The fourth-order valence-corrected chi connectivity index (χ4v) is 3.93. The fraction of sp³-hybridized carbons (Fsp3) is 0.588. The Kier molecular flexibility index (Phi) is 4.25. The lowest BCUT2D eigenvalue weighted by molar-refractivity contribution is -0.274. The minimum Gasteiger partial charge on any atom is -0.406 e. The van der Waals surface area contributed by atoms with Crippen LogP contribution in [0.3, 0.4) is 0 Å². The van der Waals surface area contributed by atoms with E-state index in [1.807, 2.05) is 6.92 Å². The summed E-state index contributed by atoms with van der Waals surface area (Å²) in [7, 11) is 0. The molecule has 1 amide bonds. The minimum atomic E-state index is -4.69. The maximum atomic E-state index is 12.4. The summed E-state index contributed by atoms with van der Waals surface area (Å²) in [5, 5.41) is 2.99. The molecule has 126 valence electrons. The largest absolute Gasteiger partial charge is 0.573 e. The molecule has 0 heterocycles. The molecule has 4 atom stereocenters. The van der Waals surface area contributed by atoms with Crippen LogP contribution in [0.15, 0.2) is 24.3 Å². The van der Waals surface area contributed by atoms with Crippen molar-refractivity contribution in [2.45, 2.75) is 45.0 Å². The second-order valence-electron chi connectivity index (χ2n) is 6.63. The zero-order chi connectivity index (χ0) is 16.6. The van der Waals surface area contributed by atoms with Crippen LogP contribution in [-0.4, -0.2) is 12.3 Å². The van der Waals surface area contributed by atoms with Crippen molar-refractivity contribution in [3.8, 4) is 5.75 Å². The number of halogens is 3. The van der Waals surface area contributed by atoms with E-state index in [1.54, 1.807) is 12.1 Å². The van der Waals surface area contributed by atoms with Gasteiger partial charge in [-0.3, -0.25) is 4.79 Å². The van der Waals surface area contributed by atoms with Crippen molar-refractivity contribution < 1.29 is 22.7 Å². The first-order valence-electron chi connectivity index (χ1n) is 7.98. The van der Waals surface area contributed by atoms with Crippen molar-refractivity contribution in [3.05, 3.63) is 29.8 Å². The Labute approximate surface area is 133 Å². The van der Waals surface area contributed by atoms with Crippen LogP contribution in [0.2, 0.25) is 0 Å². The quantitative estimate of drug-likeness (QED) is 0.900. The highest BCUT2D eigenvalue weighted by atomic mass is 19.4. The highest BCUT2D eigenvalue weighted by molar-refractivity contribution is 5.80. The molecule has 23 heavy (non-hydrogen) atoms. The van der Waals surface area contributed by atoms with Crippen molar-refractivity contribution in [2.75, 3.05) is 0 Å². The van der Waals surface area contributed by atoms with Gasteiger partial charge in [0.2, 0.25) is 5.91 Å². The molecular formula is C17H20F3NO2. The topological polar surface area (TPSA) is 38.3 Å².